The number of aliphatic hydroxyl groups is 1. The summed E-state index contributed by atoms with van der Waals surface area (Å²) in [5.41, 5.74) is 1.11. The molecule has 5 heteroatoms. The molecule has 0 bridgehead atoms. The van der Waals surface area contributed by atoms with Crippen molar-refractivity contribution in [1.82, 2.24) is 4.98 Å². The van der Waals surface area contributed by atoms with E-state index in [9.17, 15) is 0 Å². The van der Waals surface area contributed by atoms with E-state index in [2.05, 4.69) is 22.1 Å². The van der Waals surface area contributed by atoms with Crippen molar-refractivity contribution in [2.45, 2.75) is 13.2 Å². The summed E-state index contributed by atoms with van der Waals surface area (Å²) in [5, 5.41) is 12.1. The van der Waals surface area contributed by atoms with Gasteiger partial charge in [-0.15, -0.1) is 11.3 Å². The van der Waals surface area contributed by atoms with E-state index in [1.807, 2.05) is 54.6 Å². The Morgan fingerprint density at radius 2 is 1.96 bits per heavy atom. The second-order valence-corrected chi connectivity index (χ2v) is 6.37. The number of ether oxygens (including phenoxy) is 1. The van der Waals surface area contributed by atoms with Gasteiger partial charge < -0.3 is 15.2 Å². The molecular formula is C20H18N2O2S. The SMILES string of the molecule is OCC#Cc1ccc(CNc2ncccc2OCc2ccccc2)s1. The smallest absolute Gasteiger partial charge is 0.169 e. The molecule has 3 aromatic rings. The second-order valence-electron chi connectivity index (χ2n) is 5.20. The van der Waals surface area contributed by atoms with E-state index < -0.39 is 0 Å². The molecule has 0 amide bonds. The first-order valence-electron chi connectivity index (χ1n) is 7.89. The molecule has 0 fully saturated rings. The van der Waals surface area contributed by atoms with E-state index in [1.54, 1.807) is 17.5 Å². The van der Waals surface area contributed by atoms with Gasteiger partial charge in [-0.05, 0) is 29.8 Å². The number of nitrogens with zero attached hydrogens (tertiary/aromatic N) is 1. The van der Waals surface area contributed by atoms with Crippen molar-refractivity contribution < 1.29 is 9.84 Å². The number of pyridine rings is 1. The van der Waals surface area contributed by atoms with Crippen LogP contribution in [0.15, 0.2) is 60.8 Å². The third-order valence-corrected chi connectivity index (χ3v) is 4.39. The highest BCUT2D eigenvalue weighted by molar-refractivity contribution is 7.12. The molecule has 1 aromatic carbocycles. The van der Waals surface area contributed by atoms with Crippen LogP contribution >= 0.6 is 11.3 Å². The van der Waals surface area contributed by atoms with Gasteiger partial charge in [-0.25, -0.2) is 4.98 Å². The fourth-order valence-corrected chi connectivity index (χ4v) is 3.03. The van der Waals surface area contributed by atoms with Crippen molar-refractivity contribution in [1.29, 1.82) is 0 Å². The van der Waals surface area contributed by atoms with Gasteiger partial charge in [-0.2, -0.15) is 0 Å². The number of thiophene rings is 1. The maximum absolute atomic E-state index is 8.75. The molecule has 2 aromatic heterocycles. The van der Waals surface area contributed by atoms with Gasteiger partial charge in [0.25, 0.3) is 0 Å². The highest BCUT2D eigenvalue weighted by Gasteiger charge is 2.06. The minimum absolute atomic E-state index is 0.123. The monoisotopic (exact) mass is 350 g/mol. The molecule has 0 spiro atoms. The fourth-order valence-electron chi connectivity index (χ4n) is 2.21. The van der Waals surface area contributed by atoms with Gasteiger partial charge in [0.2, 0.25) is 0 Å². The predicted octanol–water partition coefficient (Wildman–Crippen LogP) is 3.68. The molecule has 4 nitrogen and oxygen atoms in total. The van der Waals surface area contributed by atoms with Crippen molar-refractivity contribution in [2.24, 2.45) is 0 Å². The van der Waals surface area contributed by atoms with Crippen molar-refractivity contribution in [3.8, 4) is 17.6 Å². The van der Waals surface area contributed by atoms with E-state index in [0.29, 0.717) is 13.2 Å². The average molecular weight is 350 g/mol. The molecule has 126 valence electrons. The lowest BCUT2D eigenvalue weighted by atomic mass is 10.2. The Bertz CT molecular complexity index is 866. The van der Waals surface area contributed by atoms with Gasteiger partial charge in [0, 0.05) is 11.1 Å². The predicted molar refractivity (Wildman–Crippen MR) is 101 cm³/mol. The molecule has 3 rings (SSSR count). The molecule has 0 saturated carbocycles. The van der Waals surface area contributed by atoms with Gasteiger partial charge in [0.1, 0.15) is 13.2 Å². The summed E-state index contributed by atoms with van der Waals surface area (Å²) in [6.07, 6.45) is 1.74. The maximum atomic E-state index is 8.75. The first-order chi connectivity index (χ1) is 12.3. The van der Waals surface area contributed by atoms with E-state index >= 15 is 0 Å². The summed E-state index contributed by atoms with van der Waals surface area (Å²) in [7, 11) is 0. The molecule has 0 aliphatic rings. The summed E-state index contributed by atoms with van der Waals surface area (Å²) in [6, 6.07) is 17.8. The number of aromatic nitrogens is 1. The van der Waals surface area contributed by atoms with Gasteiger partial charge in [-0.3, -0.25) is 0 Å². The minimum atomic E-state index is -0.123. The highest BCUT2D eigenvalue weighted by Crippen LogP contribution is 2.24. The van der Waals surface area contributed by atoms with Crippen LogP contribution in [0.4, 0.5) is 5.82 Å². The Labute approximate surface area is 151 Å². The van der Waals surface area contributed by atoms with Crippen LogP contribution in [0.3, 0.4) is 0 Å². The lowest BCUT2D eigenvalue weighted by Crippen LogP contribution is -2.04. The van der Waals surface area contributed by atoms with E-state index in [4.69, 9.17) is 9.84 Å². The first-order valence-corrected chi connectivity index (χ1v) is 8.71. The standard InChI is InChI=1S/C20H18N2O2S/c23-13-5-8-17-10-11-18(25-17)14-22-20-19(9-4-12-21-20)24-15-16-6-2-1-3-7-16/h1-4,6-7,9-12,23H,13-15H2,(H,21,22). The summed E-state index contributed by atoms with van der Waals surface area (Å²) in [5.74, 6) is 7.01. The normalized spacial score (nSPS) is 9.96. The number of nitrogens with one attached hydrogen (secondary N) is 1. The van der Waals surface area contributed by atoms with Gasteiger partial charge in [0.05, 0.1) is 11.4 Å². The van der Waals surface area contributed by atoms with Gasteiger partial charge >= 0.3 is 0 Å². The van der Waals surface area contributed by atoms with Gasteiger partial charge in [-0.1, -0.05) is 42.2 Å². The Morgan fingerprint density at radius 1 is 1.08 bits per heavy atom. The molecule has 2 N–H and O–H groups in total. The second kappa shape index (κ2) is 8.88. The zero-order chi connectivity index (χ0) is 17.3. The Hall–Kier alpha value is -2.81. The number of hydrogen-bond donors (Lipinski definition) is 2. The lowest BCUT2D eigenvalue weighted by Gasteiger charge is -2.11. The van der Waals surface area contributed by atoms with Crippen molar-refractivity contribution >= 4 is 17.2 Å². The van der Waals surface area contributed by atoms with Crippen molar-refractivity contribution in [2.75, 3.05) is 11.9 Å². The number of rotatable bonds is 6. The Balaban J connectivity index is 1.61. The molecule has 0 saturated heterocycles. The number of aliphatic hydroxyl groups excluding tert-OH is 1. The molecule has 25 heavy (non-hydrogen) atoms. The zero-order valence-electron chi connectivity index (χ0n) is 13.6. The van der Waals surface area contributed by atoms with Crippen molar-refractivity contribution in [3.05, 3.63) is 76.1 Å². The molecule has 0 radical (unpaired) electrons. The number of hydrogen-bond acceptors (Lipinski definition) is 5. The number of anilines is 1. The van der Waals surface area contributed by atoms with Crippen molar-refractivity contribution in [3.63, 3.8) is 0 Å². The summed E-state index contributed by atoms with van der Waals surface area (Å²) >= 11 is 1.59. The largest absolute Gasteiger partial charge is 0.485 e. The molecule has 2 heterocycles. The Morgan fingerprint density at radius 3 is 2.80 bits per heavy atom. The highest BCUT2D eigenvalue weighted by atomic mass is 32.1. The summed E-state index contributed by atoms with van der Waals surface area (Å²) in [4.78, 5) is 6.45. The fraction of sp³-hybridized carbons (Fsp3) is 0.150. The third-order valence-electron chi connectivity index (χ3n) is 3.39. The average Bonchev–Trinajstić information content (AvgIpc) is 3.12. The summed E-state index contributed by atoms with van der Waals surface area (Å²) in [6.45, 7) is 1.02. The summed E-state index contributed by atoms with van der Waals surface area (Å²) < 4.78 is 5.90. The van der Waals surface area contributed by atoms with Crippen LogP contribution in [-0.4, -0.2) is 16.7 Å². The van der Waals surface area contributed by atoms with Crippen LogP contribution in [0.25, 0.3) is 0 Å². The molecule has 0 aliphatic carbocycles. The maximum Gasteiger partial charge on any atom is 0.169 e. The molecule has 0 aliphatic heterocycles. The zero-order valence-corrected chi connectivity index (χ0v) is 14.4. The van der Waals surface area contributed by atoms with E-state index in [1.165, 1.54) is 0 Å². The van der Waals surface area contributed by atoms with E-state index in [-0.39, 0.29) is 6.61 Å². The van der Waals surface area contributed by atoms with Crippen LogP contribution in [0.1, 0.15) is 15.3 Å². The van der Waals surface area contributed by atoms with E-state index in [0.717, 1.165) is 26.9 Å². The number of benzene rings is 1. The molecule has 0 atom stereocenters. The topological polar surface area (TPSA) is 54.4 Å². The van der Waals surface area contributed by atoms with Crippen LogP contribution in [0.2, 0.25) is 0 Å². The quantitative estimate of drug-likeness (QED) is 0.666. The van der Waals surface area contributed by atoms with Crippen LogP contribution in [0, 0.1) is 11.8 Å². The lowest BCUT2D eigenvalue weighted by molar-refractivity contribution is 0.306. The first kappa shape index (κ1) is 17.0. The van der Waals surface area contributed by atoms with Crippen LogP contribution in [-0.2, 0) is 13.2 Å². The third kappa shape index (κ3) is 5.08. The Kier molecular flexibility index (Phi) is 6.05. The van der Waals surface area contributed by atoms with Gasteiger partial charge in [0.15, 0.2) is 11.6 Å². The minimum Gasteiger partial charge on any atom is -0.485 e. The molecular weight excluding hydrogens is 332 g/mol. The van der Waals surface area contributed by atoms with Crippen LogP contribution < -0.4 is 10.1 Å². The van der Waals surface area contributed by atoms with Crippen LogP contribution in [0.5, 0.6) is 5.75 Å². The molecule has 0 unspecified atom stereocenters.